The van der Waals surface area contributed by atoms with Crippen LogP contribution >= 0.6 is 11.6 Å². The zero-order valence-electron chi connectivity index (χ0n) is 8.70. The van der Waals surface area contributed by atoms with Crippen LogP contribution in [0.25, 0.3) is 0 Å². The van der Waals surface area contributed by atoms with Crippen LogP contribution in [0.2, 0.25) is 5.15 Å². The maximum Gasteiger partial charge on any atom is 0.132 e. The van der Waals surface area contributed by atoms with Gasteiger partial charge in [0.2, 0.25) is 0 Å². The van der Waals surface area contributed by atoms with Gasteiger partial charge in [0.15, 0.2) is 0 Å². The first-order valence-electron chi connectivity index (χ1n) is 5.35. The molecule has 0 amide bonds. The van der Waals surface area contributed by atoms with Gasteiger partial charge in [-0.25, -0.2) is 4.98 Å². The molecule has 0 unspecified atom stereocenters. The van der Waals surface area contributed by atoms with Crippen molar-refractivity contribution in [2.45, 2.75) is 13.0 Å². The summed E-state index contributed by atoms with van der Waals surface area (Å²) in [5, 5.41) is 4.03. The van der Waals surface area contributed by atoms with Crippen LogP contribution < -0.4 is 10.2 Å². The lowest BCUT2D eigenvalue weighted by atomic mass is 9.91. The van der Waals surface area contributed by atoms with E-state index < -0.39 is 0 Å². The normalized spacial score (nSPS) is 28.8. The van der Waals surface area contributed by atoms with Gasteiger partial charge in [0, 0.05) is 31.6 Å². The van der Waals surface area contributed by atoms with Gasteiger partial charge in [-0.15, -0.1) is 0 Å². The molecular formula is C11H14ClN3. The number of halogens is 1. The number of rotatable bonds is 1. The first kappa shape index (κ1) is 9.43. The second-order valence-corrected chi connectivity index (χ2v) is 4.80. The Morgan fingerprint density at radius 2 is 2.40 bits per heavy atom. The van der Waals surface area contributed by atoms with Crippen molar-refractivity contribution in [3.05, 3.63) is 23.0 Å². The van der Waals surface area contributed by atoms with E-state index >= 15 is 0 Å². The number of aromatic nitrogens is 1. The molecule has 3 rings (SSSR count). The van der Waals surface area contributed by atoms with Crippen molar-refractivity contribution in [3.63, 3.8) is 0 Å². The SMILES string of the molecule is Cc1cc(N2C[C@@H]3CNC[C@@H]32)cnc1Cl. The summed E-state index contributed by atoms with van der Waals surface area (Å²) in [6.07, 6.45) is 1.88. The standard InChI is InChI=1S/C11H14ClN3/c1-7-2-9(4-14-11(7)12)15-6-8-3-13-5-10(8)15/h2,4,8,10,13H,3,5-6H2,1H3/t8-,10-/m0/s1. The molecule has 15 heavy (non-hydrogen) atoms. The van der Waals surface area contributed by atoms with Crippen molar-refractivity contribution in [2.75, 3.05) is 24.5 Å². The van der Waals surface area contributed by atoms with Crippen molar-refractivity contribution >= 4 is 17.3 Å². The van der Waals surface area contributed by atoms with Crippen LogP contribution in [-0.2, 0) is 0 Å². The largest absolute Gasteiger partial charge is 0.365 e. The molecule has 1 aromatic heterocycles. The number of anilines is 1. The molecule has 0 spiro atoms. The van der Waals surface area contributed by atoms with Gasteiger partial charge in [-0.3, -0.25) is 0 Å². The van der Waals surface area contributed by atoms with Crippen LogP contribution in [0.1, 0.15) is 5.56 Å². The van der Waals surface area contributed by atoms with Crippen LogP contribution in [0.4, 0.5) is 5.69 Å². The predicted molar refractivity (Wildman–Crippen MR) is 61.5 cm³/mol. The number of pyridine rings is 1. The maximum atomic E-state index is 5.92. The van der Waals surface area contributed by atoms with Crippen molar-refractivity contribution in [3.8, 4) is 0 Å². The Bertz CT molecular complexity index is 393. The van der Waals surface area contributed by atoms with E-state index in [0.717, 1.165) is 24.6 Å². The van der Waals surface area contributed by atoms with E-state index in [1.54, 1.807) is 0 Å². The minimum absolute atomic E-state index is 0.611. The summed E-state index contributed by atoms with van der Waals surface area (Å²) >= 11 is 5.92. The van der Waals surface area contributed by atoms with Gasteiger partial charge >= 0.3 is 0 Å². The van der Waals surface area contributed by atoms with Crippen LogP contribution in [0, 0.1) is 12.8 Å². The van der Waals surface area contributed by atoms with E-state index in [4.69, 9.17) is 11.6 Å². The van der Waals surface area contributed by atoms with Crippen molar-refractivity contribution in [1.29, 1.82) is 0 Å². The summed E-state index contributed by atoms with van der Waals surface area (Å²) in [6.45, 7) is 5.43. The van der Waals surface area contributed by atoms with Gasteiger partial charge in [-0.05, 0) is 18.6 Å². The summed E-state index contributed by atoms with van der Waals surface area (Å²) in [7, 11) is 0. The molecule has 0 bridgehead atoms. The summed E-state index contributed by atoms with van der Waals surface area (Å²) in [5.41, 5.74) is 2.27. The smallest absolute Gasteiger partial charge is 0.132 e. The molecule has 0 radical (unpaired) electrons. The average molecular weight is 224 g/mol. The lowest BCUT2D eigenvalue weighted by molar-refractivity contribution is 0.365. The molecule has 3 nitrogen and oxygen atoms in total. The van der Waals surface area contributed by atoms with E-state index in [1.807, 2.05) is 13.1 Å². The number of hydrogen-bond acceptors (Lipinski definition) is 3. The Balaban J connectivity index is 1.85. The quantitative estimate of drug-likeness (QED) is 0.731. The minimum atomic E-state index is 0.611. The first-order valence-corrected chi connectivity index (χ1v) is 5.73. The van der Waals surface area contributed by atoms with E-state index in [1.165, 1.54) is 12.2 Å². The molecule has 1 aromatic rings. The molecule has 0 saturated carbocycles. The molecule has 2 aliphatic rings. The Hall–Kier alpha value is -0.800. The molecule has 2 atom stereocenters. The third-order valence-corrected chi connectivity index (χ3v) is 3.86. The van der Waals surface area contributed by atoms with E-state index in [9.17, 15) is 0 Å². The van der Waals surface area contributed by atoms with Gasteiger partial charge in [0.1, 0.15) is 5.15 Å². The molecule has 4 heteroatoms. The number of nitrogens with zero attached hydrogens (tertiary/aromatic N) is 2. The molecule has 80 valence electrons. The topological polar surface area (TPSA) is 28.2 Å². The van der Waals surface area contributed by atoms with Crippen LogP contribution in [-0.4, -0.2) is 30.7 Å². The highest BCUT2D eigenvalue weighted by molar-refractivity contribution is 6.30. The fourth-order valence-electron chi connectivity index (χ4n) is 2.52. The Labute approximate surface area is 94.4 Å². The van der Waals surface area contributed by atoms with Crippen LogP contribution in [0.3, 0.4) is 0 Å². The molecule has 0 aliphatic carbocycles. The lowest BCUT2D eigenvalue weighted by Gasteiger charge is -2.45. The van der Waals surface area contributed by atoms with Gasteiger partial charge in [0.25, 0.3) is 0 Å². The maximum absolute atomic E-state index is 5.92. The average Bonchev–Trinajstić information content (AvgIpc) is 2.54. The summed E-state index contributed by atoms with van der Waals surface area (Å²) in [6, 6.07) is 2.80. The van der Waals surface area contributed by atoms with Gasteiger partial charge in [-0.2, -0.15) is 0 Å². The van der Waals surface area contributed by atoms with Gasteiger partial charge in [-0.1, -0.05) is 11.6 Å². The summed E-state index contributed by atoms with van der Waals surface area (Å²) < 4.78 is 0. The number of nitrogens with one attached hydrogen (secondary N) is 1. The van der Waals surface area contributed by atoms with E-state index in [2.05, 4.69) is 21.3 Å². The third kappa shape index (κ3) is 1.42. The highest BCUT2D eigenvalue weighted by Gasteiger charge is 2.42. The predicted octanol–water partition coefficient (Wildman–Crippen LogP) is 1.45. The van der Waals surface area contributed by atoms with Crippen molar-refractivity contribution < 1.29 is 0 Å². The molecule has 1 N–H and O–H groups in total. The second-order valence-electron chi connectivity index (χ2n) is 4.44. The molecule has 2 fully saturated rings. The zero-order chi connectivity index (χ0) is 10.4. The summed E-state index contributed by atoms with van der Waals surface area (Å²) in [5.74, 6) is 0.834. The summed E-state index contributed by atoms with van der Waals surface area (Å²) in [4.78, 5) is 6.62. The molecular weight excluding hydrogens is 210 g/mol. The van der Waals surface area contributed by atoms with Crippen molar-refractivity contribution in [1.82, 2.24) is 10.3 Å². The van der Waals surface area contributed by atoms with E-state index in [-0.39, 0.29) is 0 Å². The monoisotopic (exact) mass is 223 g/mol. The number of hydrogen-bond donors (Lipinski definition) is 1. The zero-order valence-corrected chi connectivity index (χ0v) is 9.46. The Morgan fingerprint density at radius 3 is 3.13 bits per heavy atom. The van der Waals surface area contributed by atoms with Gasteiger partial charge < -0.3 is 10.2 Å². The highest BCUT2D eigenvalue weighted by Crippen LogP contribution is 2.33. The molecule has 2 aliphatic heterocycles. The lowest BCUT2D eigenvalue weighted by Crippen LogP contribution is -2.55. The fraction of sp³-hybridized carbons (Fsp3) is 0.545. The van der Waals surface area contributed by atoms with Gasteiger partial charge in [0.05, 0.1) is 11.9 Å². The second kappa shape index (κ2) is 3.35. The first-order chi connectivity index (χ1) is 7.25. The molecule has 0 aromatic carbocycles. The van der Waals surface area contributed by atoms with Crippen molar-refractivity contribution in [2.24, 2.45) is 5.92 Å². The highest BCUT2D eigenvalue weighted by atomic mass is 35.5. The molecule has 2 saturated heterocycles. The fourth-order valence-corrected chi connectivity index (χ4v) is 2.62. The third-order valence-electron chi connectivity index (χ3n) is 3.47. The Kier molecular flexibility index (Phi) is 2.11. The minimum Gasteiger partial charge on any atom is -0.365 e. The number of fused-ring (bicyclic) bond motifs is 1. The van der Waals surface area contributed by atoms with E-state index in [0.29, 0.717) is 11.2 Å². The molecule has 3 heterocycles. The van der Waals surface area contributed by atoms with Crippen LogP contribution in [0.5, 0.6) is 0 Å². The Morgan fingerprint density at radius 1 is 1.53 bits per heavy atom. The number of aryl methyl sites for hydroxylation is 1. The van der Waals surface area contributed by atoms with Crippen LogP contribution in [0.15, 0.2) is 12.3 Å².